The summed E-state index contributed by atoms with van der Waals surface area (Å²) in [5.41, 5.74) is 1.35. The van der Waals surface area contributed by atoms with Gasteiger partial charge in [0.1, 0.15) is 0 Å². The Balaban J connectivity index is 2.40. The first-order valence-corrected chi connectivity index (χ1v) is 2.73. The van der Waals surface area contributed by atoms with Crippen LogP contribution in [0.1, 0.15) is 19.3 Å². The molecule has 0 amide bonds. The van der Waals surface area contributed by atoms with Gasteiger partial charge >= 0.3 is 0 Å². The molecule has 1 atom stereocenters. The number of rotatable bonds is 0. The minimum atomic E-state index is 0.620. The summed E-state index contributed by atoms with van der Waals surface area (Å²) in [6.07, 6.45) is 3.68. The molecule has 38 valence electrons. The third kappa shape index (κ3) is 0.243. The fourth-order valence-corrected chi connectivity index (χ4v) is 1.39. The summed E-state index contributed by atoms with van der Waals surface area (Å²) in [6, 6.07) is 0.620. The van der Waals surface area contributed by atoms with Crippen molar-refractivity contribution < 1.29 is 4.68 Å². The molecule has 2 heterocycles. The van der Waals surface area contributed by atoms with Gasteiger partial charge in [-0.2, -0.15) is 0 Å². The third-order valence-corrected chi connectivity index (χ3v) is 1.94. The molecular formula is C5H8N2. The van der Waals surface area contributed by atoms with E-state index in [-0.39, 0.29) is 0 Å². The molecular weight excluding hydrogens is 88.1 g/mol. The second-order valence-corrected chi connectivity index (χ2v) is 2.33. The minimum absolute atomic E-state index is 0.620. The maximum Gasteiger partial charge on any atom is 0.157 e. The monoisotopic (exact) mass is 96.1 g/mol. The molecule has 3 aliphatic rings. The molecule has 1 unspecified atom stereocenters. The molecule has 0 radical (unpaired) electrons. The van der Waals surface area contributed by atoms with E-state index in [1.54, 1.807) is 4.68 Å². The number of nitrogens with zero attached hydrogens (tertiary/aromatic N) is 1. The molecule has 0 aromatic carbocycles. The van der Waals surface area contributed by atoms with Crippen molar-refractivity contribution in [3.8, 4) is 0 Å². The van der Waals surface area contributed by atoms with Gasteiger partial charge in [0, 0.05) is 12.8 Å². The van der Waals surface area contributed by atoms with E-state index in [1.165, 1.54) is 25.0 Å². The summed E-state index contributed by atoms with van der Waals surface area (Å²) in [5, 5.41) is 0. The Hall–Kier alpha value is -0.530. The minimum Gasteiger partial charge on any atom is -0.454 e. The predicted molar refractivity (Wildman–Crippen MR) is 27.2 cm³/mol. The molecule has 0 aromatic rings. The molecule has 0 spiro atoms. The van der Waals surface area contributed by atoms with Crippen molar-refractivity contribution in [3.63, 3.8) is 0 Å². The molecule has 7 heavy (non-hydrogen) atoms. The van der Waals surface area contributed by atoms with Gasteiger partial charge < -0.3 is 5.84 Å². The molecule has 2 nitrogen and oxygen atoms in total. The van der Waals surface area contributed by atoms with E-state index >= 15 is 0 Å². The molecule has 1 aliphatic carbocycles. The Morgan fingerprint density at radius 2 is 2.57 bits per heavy atom. The van der Waals surface area contributed by atoms with E-state index < -0.39 is 0 Å². The summed E-state index contributed by atoms with van der Waals surface area (Å²) in [6.45, 7) is 0. The largest absolute Gasteiger partial charge is 0.454 e. The Morgan fingerprint density at radius 3 is 2.71 bits per heavy atom. The van der Waals surface area contributed by atoms with Crippen molar-refractivity contribution in [2.75, 3.05) is 0 Å². The summed E-state index contributed by atoms with van der Waals surface area (Å²) in [4.78, 5) is 0. The van der Waals surface area contributed by atoms with Gasteiger partial charge in [-0.1, -0.05) is 0 Å². The molecule has 2 bridgehead atoms. The molecule has 0 saturated heterocycles. The first kappa shape index (κ1) is 3.47. The van der Waals surface area contributed by atoms with Gasteiger partial charge in [-0.25, -0.2) is 0 Å². The smallest absolute Gasteiger partial charge is 0.157 e. The Kier molecular flexibility index (Phi) is 0.412. The highest BCUT2D eigenvalue weighted by Gasteiger charge is 2.39. The molecule has 1 fully saturated rings. The molecule has 2 aliphatic heterocycles. The molecule has 3 rings (SSSR count). The lowest BCUT2D eigenvalue weighted by atomic mass is 10.2. The zero-order valence-corrected chi connectivity index (χ0v) is 4.15. The van der Waals surface area contributed by atoms with Crippen LogP contribution in [0.15, 0.2) is 0 Å². The topological polar surface area (TPSA) is 26.8 Å². The van der Waals surface area contributed by atoms with Crippen molar-refractivity contribution in [1.82, 2.24) is 0 Å². The van der Waals surface area contributed by atoms with Crippen LogP contribution in [0.4, 0.5) is 0 Å². The van der Waals surface area contributed by atoms with Crippen molar-refractivity contribution in [3.05, 3.63) is 5.84 Å². The van der Waals surface area contributed by atoms with Gasteiger partial charge in [0.2, 0.25) is 0 Å². The van der Waals surface area contributed by atoms with Crippen LogP contribution in [-0.4, -0.2) is 16.4 Å². The Bertz CT molecular complexity index is 133. The maximum atomic E-state index is 7.18. The van der Waals surface area contributed by atoms with Crippen LogP contribution >= 0.6 is 0 Å². The van der Waals surface area contributed by atoms with E-state index in [9.17, 15) is 0 Å². The quantitative estimate of drug-likeness (QED) is 0.402. The van der Waals surface area contributed by atoms with E-state index in [0.717, 1.165) is 0 Å². The van der Waals surface area contributed by atoms with Crippen LogP contribution in [0, 0.1) is 0 Å². The predicted octanol–water partition coefficient (Wildman–Crippen LogP) is 0.973. The summed E-state index contributed by atoms with van der Waals surface area (Å²) >= 11 is 0. The maximum absolute atomic E-state index is 7.18. The van der Waals surface area contributed by atoms with E-state index in [2.05, 4.69) is 0 Å². The molecule has 1 saturated carbocycles. The van der Waals surface area contributed by atoms with Crippen LogP contribution < -0.4 is 0 Å². The highest BCUT2D eigenvalue weighted by atomic mass is 15.4. The zero-order chi connectivity index (χ0) is 4.85. The first-order valence-electron chi connectivity index (χ1n) is 2.73. The third-order valence-electron chi connectivity index (χ3n) is 1.94. The van der Waals surface area contributed by atoms with Gasteiger partial charge in [0.15, 0.2) is 11.8 Å². The highest BCUT2D eigenvalue weighted by molar-refractivity contribution is 5.85. The molecule has 2 heteroatoms. The van der Waals surface area contributed by atoms with Crippen LogP contribution in [0.3, 0.4) is 0 Å². The van der Waals surface area contributed by atoms with Crippen LogP contribution in [0.5, 0.6) is 0 Å². The fraction of sp³-hybridized carbons (Fsp3) is 0.800. The number of fused-ring (bicyclic) bond motifs is 1. The zero-order valence-electron chi connectivity index (χ0n) is 4.15. The summed E-state index contributed by atoms with van der Waals surface area (Å²) in [7, 11) is 0. The average molecular weight is 96.1 g/mol. The molecule has 1 N–H and O–H groups in total. The lowest BCUT2D eigenvalue weighted by molar-refractivity contribution is -0.519. The van der Waals surface area contributed by atoms with Crippen molar-refractivity contribution in [2.45, 2.75) is 25.3 Å². The van der Waals surface area contributed by atoms with Gasteiger partial charge in [-0.05, 0) is 0 Å². The van der Waals surface area contributed by atoms with E-state index in [4.69, 9.17) is 5.84 Å². The van der Waals surface area contributed by atoms with Crippen molar-refractivity contribution in [1.29, 1.82) is 0 Å². The SMILES string of the molecule is [NH-][N+]1=C2CCC1C2. The van der Waals surface area contributed by atoms with Crippen LogP contribution in [0.25, 0.3) is 5.84 Å². The lowest BCUT2D eigenvalue weighted by Gasteiger charge is -2.17. The highest BCUT2D eigenvalue weighted by Crippen LogP contribution is 2.28. The van der Waals surface area contributed by atoms with Gasteiger partial charge in [-0.3, -0.25) is 4.68 Å². The van der Waals surface area contributed by atoms with Crippen molar-refractivity contribution in [2.24, 2.45) is 0 Å². The standard InChI is InChI=1S/C5H8N2/c6-7-4-1-2-5(7)3-4/h4,6H,1-3H2. The van der Waals surface area contributed by atoms with E-state index in [1.807, 2.05) is 0 Å². The van der Waals surface area contributed by atoms with Crippen LogP contribution in [-0.2, 0) is 0 Å². The Morgan fingerprint density at radius 1 is 1.71 bits per heavy atom. The summed E-state index contributed by atoms with van der Waals surface area (Å²) in [5.74, 6) is 7.18. The Labute approximate surface area is 42.6 Å². The van der Waals surface area contributed by atoms with Gasteiger partial charge in [0.05, 0.1) is 6.42 Å². The number of nitrogens with one attached hydrogen (secondary N) is 1. The fourth-order valence-electron chi connectivity index (χ4n) is 1.39. The van der Waals surface area contributed by atoms with Gasteiger partial charge in [0.25, 0.3) is 0 Å². The summed E-state index contributed by atoms with van der Waals surface area (Å²) < 4.78 is 1.67. The molecule has 0 aromatic heterocycles. The van der Waals surface area contributed by atoms with E-state index in [0.29, 0.717) is 6.04 Å². The first-order chi connectivity index (χ1) is 3.38. The van der Waals surface area contributed by atoms with Crippen molar-refractivity contribution >= 4 is 5.71 Å². The number of hydrogen-bond donors (Lipinski definition) is 0. The van der Waals surface area contributed by atoms with Crippen LogP contribution in [0.2, 0.25) is 0 Å². The lowest BCUT2D eigenvalue weighted by Crippen LogP contribution is -2.29. The second-order valence-electron chi connectivity index (χ2n) is 2.33. The second kappa shape index (κ2) is 0.831. The average Bonchev–Trinajstić information content (AvgIpc) is 2.18. The number of hydrogen-bond acceptors (Lipinski definition) is 0. The normalized spacial score (nSPS) is 36.3. The van der Waals surface area contributed by atoms with Gasteiger partial charge in [-0.15, -0.1) is 0 Å².